The minimum Gasteiger partial charge on any atom is -0.316 e. The summed E-state index contributed by atoms with van der Waals surface area (Å²) in [6.07, 6.45) is 0. The Kier molecular flexibility index (Phi) is 2.79. The fourth-order valence-electron chi connectivity index (χ4n) is 2.39. The summed E-state index contributed by atoms with van der Waals surface area (Å²) in [5, 5.41) is 8.31. The van der Waals surface area contributed by atoms with Gasteiger partial charge in [0.15, 0.2) is 0 Å². The predicted molar refractivity (Wildman–Crippen MR) is 54.3 cm³/mol. The van der Waals surface area contributed by atoms with Gasteiger partial charge < -0.3 is 10.2 Å². The predicted octanol–water partition coefficient (Wildman–Crippen LogP) is -1.57. The average Bonchev–Trinajstić information content (AvgIpc) is 2.56. The first-order chi connectivity index (χ1) is 6.54. The molecule has 0 aromatic carbocycles. The van der Waals surface area contributed by atoms with Crippen LogP contribution in [0.4, 0.5) is 0 Å². The van der Waals surface area contributed by atoms with E-state index in [1.165, 1.54) is 0 Å². The van der Waals surface area contributed by atoms with Crippen molar-refractivity contribution < 1.29 is 8.42 Å². The minimum atomic E-state index is -3.29. The van der Waals surface area contributed by atoms with Crippen molar-refractivity contribution in [3.05, 3.63) is 0 Å². The molecule has 0 saturated carbocycles. The van der Waals surface area contributed by atoms with E-state index in [-0.39, 0.29) is 5.75 Å². The summed E-state index contributed by atoms with van der Waals surface area (Å²) in [7, 11) is -3.29. The van der Waals surface area contributed by atoms with Crippen molar-refractivity contribution >= 4 is 10.0 Å². The highest BCUT2D eigenvalue weighted by molar-refractivity contribution is 7.89. The summed E-state index contributed by atoms with van der Waals surface area (Å²) >= 11 is 0. The standard InChI is InChI=1S/C8H17N3O2S/c9-14(12,13)2-1-11-5-7-3-10-4-8(7)6-11/h7-8,10H,1-6H2,(H2,9,12,13)/t7-,8+. The van der Waals surface area contributed by atoms with Gasteiger partial charge in [-0.2, -0.15) is 0 Å². The molecule has 0 spiro atoms. The fraction of sp³-hybridized carbons (Fsp3) is 1.00. The summed E-state index contributed by atoms with van der Waals surface area (Å²) < 4.78 is 21.5. The smallest absolute Gasteiger partial charge is 0.210 e. The third-order valence-corrected chi connectivity index (χ3v) is 3.91. The van der Waals surface area contributed by atoms with Gasteiger partial charge in [-0.3, -0.25) is 0 Å². The summed E-state index contributed by atoms with van der Waals surface area (Å²) in [5.74, 6) is 1.52. The van der Waals surface area contributed by atoms with Crippen molar-refractivity contribution in [3.8, 4) is 0 Å². The molecule has 2 aliphatic heterocycles. The number of rotatable bonds is 3. The van der Waals surface area contributed by atoms with Gasteiger partial charge in [0, 0.05) is 19.6 Å². The zero-order chi connectivity index (χ0) is 10.2. The van der Waals surface area contributed by atoms with Crippen molar-refractivity contribution in [2.45, 2.75) is 0 Å². The van der Waals surface area contributed by atoms with Gasteiger partial charge >= 0.3 is 0 Å². The minimum absolute atomic E-state index is 0.0832. The number of hydrogen-bond acceptors (Lipinski definition) is 4. The summed E-state index contributed by atoms with van der Waals surface area (Å²) in [6.45, 7) is 4.79. The van der Waals surface area contributed by atoms with Gasteiger partial charge in [-0.05, 0) is 24.9 Å². The largest absolute Gasteiger partial charge is 0.316 e. The van der Waals surface area contributed by atoms with E-state index in [1.807, 2.05) is 0 Å². The first kappa shape index (κ1) is 10.4. The number of sulfonamides is 1. The average molecular weight is 219 g/mol. The molecule has 2 heterocycles. The van der Waals surface area contributed by atoms with Gasteiger partial charge in [0.05, 0.1) is 5.75 Å². The zero-order valence-electron chi connectivity index (χ0n) is 8.15. The third kappa shape index (κ3) is 2.44. The van der Waals surface area contributed by atoms with Crippen molar-refractivity contribution in [1.29, 1.82) is 0 Å². The van der Waals surface area contributed by atoms with E-state index in [1.54, 1.807) is 0 Å². The first-order valence-corrected chi connectivity index (χ1v) is 6.70. The van der Waals surface area contributed by atoms with Gasteiger partial charge in [-0.25, -0.2) is 13.6 Å². The third-order valence-electron chi connectivity index (χ3n) is 3.16. The molecule has 2 atom stereocenters. The van der Waals surface area contributed by atoms with Crippen LogP contribution in [0.1, 0.15) is 0 Å². The van der Waals surface area contributed by atoms with Gasteiger partial charge in [0.2, 0.25) is 10.0 Å². The zero-order valence-corrected chi connectivity index (χ0v) is 8.96. The van der Waals surface area contributed by atoms with E-state index >= 15 is 0 Å². The van der Waals surface area contributed by atoms with Crippen LogP contribution in [0.15, 0.2) is 0 Å². The van der Waals surface area contributed by atoms with Gasteiger partial charge in [0.25, 0.3) is 0 Å². The maximum absolute atomic E-state index is 10.8. The molecule has 3 N–H and O–H groups in total. The second kappa shape index (κ2) is 3.77. The van der Waals surface area contributed by atoms with Gasteiger partial charge in [0.1, 0.15) is 0 Å². The van der Waals surface area contributed by atoms with E-state index in [0.717, 1.165) is 38.0 Å². The molecule has 0 radical (unpaired) electrons. The second-order valence-electron chi connectivity index (χ2n) is 4.30. The van der Waals surface area contributed by atoms with Crippen LogP contribution in [-0.2, 0) is 10.0 Å². The number of likely N-dealkylation sites (tertiary alicyclic amines) is 1. The Bertz CT molecular complexity index is 292. The lowest BCUT2D eigenvalue weighted by Gasteiger charge is -2.15. The van der Waals surface area contributed by atoms with E-state index in [2.05, 4.69) is 10.2 Å². The molecule has 0 bridgehead atoms. The Morgan fingerprint density at radius 3 is 2.36 bits per heavy atom. The van der Waals surface area contributed by atoms with Crippen molar-refractivity contribution in [3.63, 3.8) is 0 Å². The maximum Gasteiger partial charge on any atom is 0.210 e. The summed E-state index contributed by atoms with van der Waals surface area (Å²) in [4.78, 5) is 2.21. The summed E-state index contributed by atoms with van der Waals surface area (Å²) in [6, 6.07) is 0. The van der Waals surface area contributed by atoms with Crippen molar-refractivity contribution in [1.82, 2.24) is 10.2 Å². The molecular formula is C8H17N3O2S. The number of nitrogens with zero attached hydrogens (tertiary/aromatic N) is 1. The van der Waals surface area contributed by atoms with Gasteiger partial charge in [-0.15, -0.1) is 0 Å². The molecule has 6 heteroatoms. The molecule has 0 amide bonds. The highest BCUT2D eigenvalue weighted by Gasteiger charge is 2.35. The number of fused-ring (bicyclic) bond motifs is 1. The van der Waals surface area contributed by atoms with Gasteiger partial charge in [-0.1, -0.05) is 0 Å². The monoisotopic (exact) mass is 219 g/mol. The van der Waals surface area contributed by atoms with Crippen LogP contribution in [0.25, 0.3) is 0 Å². The Labute approximate surface area is 84.7 Å². The number of nitrogens with one attached hydrogen (secondary N) is 1. The molecular weight excluding hydrogens is 202 g/mol. The van der Waals surface area contributed by atoms with E-state index in [9.17, 15) is 8.42 Å². The number of hydrogen-bond donors (Lipinski definition) is 2. The molecule has 14 heavy (non-hydrogen) atoms. The maximum atomic E-state index is 10.8. The topological polar surface area (TPSA) is 75.4 Å². The first-order valence-electron chi connectivity index (χ1n) is 4.98. The van der Waals surface area contributed by atoms with Crippen LogP contribution in [0, 0.1) is 11.8 Å². The number of primary sulfonamides is 1. The second-order valence-corrected chi connectivity index (χ2v) is 6.04. The fourth-order valence-corrected chi connectivity index (χ4v) is 2.90. The van der Waals surface area contributed by atoms with Crippen LogP contribution in [0.3, 0.4) is 0 Å². The Hall–Kier alpha value is -0.170. The molecule has 2 aliphatic rings. The molecule has 82 valence electrons. The van der Waals surface area contributed by atoms with E-state index in [0.29, 0.717) is 6.54 Å². The molecule has 0 aromatic heterocycles. The van der Waals surface area contributed by atoms with Crippen molar-refractivity contribution in [2.75, 3.05) is 38.5 Å². The molecule has 2 fully saturated rings. The molecule has 5 nitrogen and oxygen atoms in total. The summed E-state index contributed by atoms with van der Waals surface area (Å²) in [5.41, 5.74) is 0. The quantitative estimate of drug-likeness (QED) is 0.601. The van der Waals surface area contributed by atoms with Crippen molar-refractivity contribution in [2.24, 2.45) is 17.0 Å². The molecule has 2 rings (SSSR count). The highest BCUT2D eigenvalue weighted by atomic mass is 32.2. The molecule has 0 aliphatic carbocycles. The lowest BCUT2D eigenvalue weighted by Crippen LogP contribution is -2.32. The lowest BCUT2D eigenvalue weighted by atomic mass is 10.0. The van der Waals surface area contributed by atoms with Crippen LogP contribution < -0.4 is 10.5 Å². The van der Waals surface area contributed by atoms with Crippen LogP contribution in [0.5, 0.6) is 0 Å². The van der Waals surface area contributed by atoms with Crippen LogP contribution >= 0.6 is 0 Å². The molecule has 2 saturated heterocycles. The van der Waals surface area contributed by atoms with E-state index < -0.39 is 10.0 Å². The van der Waals surface area contributed by atoms with Crippen LogP contribution in [-0.4, -0.2) is 51.8 Å². The number of nitrogens with two attached hydrogens (primary N) is 1. The Morgan fingerprint density at radius 1 is 1.29 bits per heavy atom. The van der Waals surface area contributed by atoms with E-state index in [4.69, 9.17) is 5.14 Å². The Balaban J connectivity index is 1.80. The molecule has 0 aromatic rings. The normalized spacial score (nSPS) is 33.5. The van der Waals surface area contributed by atoms with Crippen LogP contribution in [0.2, 0.25) is 0 Å². The molecule has 0 unspecified atom stereocenters. The highest BCUT2D eigenvalue weighted by Crippen LogP contribution is 2.25. The SMILES string of the molecule is NS(=O)(=O)CCN1C[C@H]2CNC[C@H]2C1. The Morgan fingerprint density at radius 2 is 1.86 bits per heavy atom. The lowest BCUT2D eigenvalue weighted by molar-refractivity contribution is 0.331.